The molecule has 2 atom stereocenters. The Morgan fingerprint density at radius 3 is 2.89 bits per heavy atom. The number of aliphatic hydroxyl groups excluding tert-OH is 1. The van der Waals surface area contributed by atoms with Crippen molar-refractivity contribution in [2.45, 2.75) is 30.7 Å². The summed E-state index contributed by atoms with van der Waals surface area (Å²) in [6, 6.07) is 16.4. The van der Waals surface area contributed by atoms with Gasteiger partial charge in [-0.15, -0.1) is 0 Å². The molecule has 6 heteroatoms. The molecule has 2 heterocycles. The van der Waals surface area contributed by atoms with Crippen LogP contribution in [0.25, 0.3) is 0 Å². The zero-order chi connectivity index (χ0) is 19.5. The third-order valence-electron chi connectivity index (χ3n) is 5.66. The highest BCUT2D eigenvalue weighted by Crippen LogP contribution is 2.31. The van der Waals surface area contributed by atoms with Gasteiger partial charge in [0.15, 0.2) is 0 Å². The van der Waals surface area contributed by atoms with Gasteiger partial charge < -0.3 is 14.7 Å². The van der Waals surface area contributed by atoms with Gasteiger partial charge >= 0.3 is 0 Å². The van der Waals surface area contributed by atoms with Crippen LogP contribution in [0.3, 0.4) is 0 Å². The molecule has 28 heavy (non-hydrogen) atoms. The molecular weight excluding hydrogens is 370 g/mol. The Kier molecular flexibility index (Phi) is 5.90. The molecule has 0 aromatic heterocycles. The van der Waals surface area contributed by atoms with E-state index in [1.807, 2.05) is 36.2 Å². The van der Waals surface area contributed by atoms with Gasteiger partial charge in [0.1, 0.15) is 0 Å². The molecule has 2 aliphatic rings. The van der Waals surface area contributed by atoms with E-state index >= 15 is 0 Å². The number of β-amino-alcohol motifs (C(OH)–C–C–N with tert-alkyl or cyclic N) is 1. The number of anilines is 1. The normalized spacial score (nSPS) is 19.9. The standard InChI is InChI=1S/C22H27N3O2S/c1-24(22(27)12-16-7-8-20-18(11-16)15-28-23-20)21(17-5-3-2-4-6-17)14-25-10-9-19(26)13-25/h2-8,11,19,21,23,26H,9-10,12-15H2,1H3/t19?,21-/m1/s1. The summed E-state index contributed by atoms with van der Waals surface area (Å²) in [4.78, 5) is 17.2. The van der Waals surface area contributed by atoms with E-state index in [2.05, 4.69) is 33.9 Å². The van der Waals surface area contributed by atoms with Crippen LogP contribution in [0.1, 0.15) is 29.2 Å². The summed E-state index contributed by atoms with van der Waals surface area (Å²) in [5, 5.41) is 9.87. The van der Waals surface area contributed by atoms with Crippen molar-refractivity contribution in [1.29, 1.82) is 0 Å². The van der Waals surface area contributed by atoms with E-state index in [1.54, 1.807) is 11.9 Å². The first-order valence-corrected chi connectivity index (χ1v) is 10.8. The number of amides is 1. The number of nitrogens with one attached hydrogen (secondary N) is 1. The van der Waals surface area contributed by atoms with Gasteiger partial charge in [-0.3, -0.25) is 9.69 Å². The Morgan fingerprint density at radius 2 is 2.14 bits per heavy atom. The first-order valence-electron chi connectivity index (χ1n) is 9.81. The molecule has 1 unspecified atom stereocenters. The average Bonchev–Trinajstić information content (AvgIpc) is 3.34. The Morgan fingerprint density at radius 1 is 1.32 bits per heavy atom. The summed E-state index contributed by atoms with van der Waals surface area (Å²) >= 11 is 1.69. The Hall–Kier alpha value is -2.02. The van der Waals surface area contributed by atoms with Gasteiger partial charge in [0.05, 0.1) is 18.6 Å². The van der Waals surface area contributed by atoms with Crippen molar-refractivity contribution in [3.63, 3.8) is 0 Å². The molecule has 148 valence electrons. The van der Waals surface area contributed by atoms with Crippen molar-refractivity contribution in [1.82, 2.24) is 9.80 Å². The molecule has 2 aromatic rings. The first kappa shape index (κ1) is 19.3. The van der Waals surface area contributed by atoms with Crippen LogP contribution in [-0.4, -0.2) is 53.6 Å². The van der Waals surface area contributed by atoms with E-state index in [0.717, 1.165) is 42.1 Å². The lowest BCUT2D eigenvalue weighted by Crippen LogP contribution is -2.39. The maximum Gasteiger partial charge on any atom is 0.227 e. The number of benzene rings is 2. The summed E-state index contributed by atoms with van der Waals surface area (Å²) in [7, 11) is 1.90. The van der Waals surface area contributed by atoms with Crippen LogP contribution in [0.15, 0.2) is 48.5 Å². The second kappa shape index (κ2) is 8.55. The van der Waals surface area contributed by atoms with Crippen LogP contribution < -0.4 is 4.72 Å². The van der Waals surface area contributed by atoms with Crippen LogP contribution in [0.4, 0.5) is 5.69 Å². The molecule has 2 aromatic carbocycles. The number of hydrogen-bond acceptors (Lipinski definition) is 5. The molecule has 2 N–H and O–H groups in total. The molecule has 0 spiro atoms. The number of likely N-dealkylation sites (N-methyl/N-ethyl adjacent to an activating group) is 1. The van der Waals surface area contributed by atoms with E-state index in [1.165, 1.54) is 5.56 Å². The molecule has 0 aliphatic carbocycles. The highest BCUT2D eigenvalue weighted by atomic mass is 32.2. The Balaban J connectivity index is 1.49. The van der Waals surface area contributed by atoms with Crippen molar-refractivity contribution in [2.75, 3.05) is 31.4 Å². The zero-order valence-electron chi connectivity index (χ0n) is 16.2. The molecule has 1 fully saturated rings. The predicted octanol–water partition coefficient (Wildman–Crippen LogP) is 3.07. The molecular formula is C22H27N3O2S. The molecule has 0 saturated carbocycles. The minimum Gasteiger partial charge on any atom is -0.392 e. The number of hydrogen-bond donors (Lipinski definition) is 2. The van der Waals surface area contributed by atoms with E-state index in [-0.39, 0.29) is 18.1 Å². The van der Waals surface area contributed by atoms with Gasteiger partial charge in [0, 0.05) is 38.1 Å². The number of fused-ring (bicyclic) bond motifs is 1. The summed E-state index contributed by atoms with van der Waals surface area (Å²) < 4.78 is 3.28. The monoisotopic (exact) mass is 397 g/mol. The maximum absolute atomic E-state index is 13.1. The Bertz CT molecular complexity index is 830. The smallest absolute Gasteiger partial charge is 0.227 e. The van der Waals surface area contributed by atoms with Gasteiger partial charge in [-0.1, -0.05) is 42.5 Å². The number of rotatable bonds is 6. The average molecular weight is 398 g/mol. The van der Waals surface area contributed by atoms with Gasteiger partial charge in [0.25, 0.3) is 0 Å². The van der Waals surface area contributed by atoms with Crippen LogP contribution in [0.5, 0.6) is 0 Å². The highest BCUT2D eigenvalue weighted by Gasteiger charge is 2.28. The number of carbonyl (C=O) groups is 1. The first-order chi connectivity index (χ1) is 13.6. The maximum atomic E-state index is 13.1. The van der Waals surface area contributed by atoms with Crippen LogP contribution in [-0.2, 0) is 17.0 Å². The fraction of sp³-hybridized carbons (Fsp3) is 0.409. The van der Waals surface area contributed by atoms with Crippen LogP contribution in [0, 0.1) is 0 Å². The van der Waals surface area contributed by atoms with Crippen molar-refractivity contribution in [3.05, 3.63) is 65.2 Å². The largest absolute Gasteiger partial charge is 0.392 e. The number of nitrogens with zero attached hydrogens (tertiary/aromatic N) is 2. The van der Waals surface area contributed by atoms with Gasteiger partial charge in [-0.2, -0.15) is 0 Å². The lowest BCUT2D eigenvalue weighted by molar-refractivity contribution is -0.131. The summed E-state index contributed by atoms with van der Waals surface area (Å²) in [6.45, 7) is 2.30. The number of likely N-dealkylation sites (tertiary alicyclic amines) is 1. The zero-order valence-corrected chi connectivity index (χ0v) is 17.0. The van der Waals surface area contributed by atoms with Crippen LogP contribution >= 0.6 is 11.9 Å². The van der Waals surface area contributed by atoms with E-state index in [0.29, 0.717) is 13.0 Å². The quantitative estimate of drug-likeness (QED) is 0.734. The van der Waals surface area contributed by atoms with Crippen molar-refractivity contribution in [3.8, 4) is 0 Å². The lowest BCUT2D eigenvalue weighted by Gasteiger charge is -2.32. The lowest BCUT2D eigenvalue weighted by atomic mass is 10.0. The van der Waals surface area contributed by atoms with Crippen molar-refractivity contribution >= 4 is 23.5 Å². The molecule has 0 bridgehead atoms. The minimum absolute atomic E-state index is 0.0225. The van der Waals surface area contributed by atoms with E-state index < -0.39 is 0 Å². The van der Waals surface area contributed by atoms with Gasteiger partial charge in [-0.05, 0) is 41.1 Å². The molecule has 1 saturated heterocycles. The van der Waals surface area contributed by atoms with Crippen LogP contribution in [0.2, 0.25) is 0 Å². The Labute approximate surface area is 170 Å². The van der Waals surface area contributed by atoms with Gasteiger partial charge in [0.2, 0.25) is 5.91 Å². The topological polar surface area (TPSA) is 55.8 Å². The van der Waals surface area contributed by atoms with Crippen molar-refractivity contribution in [2.24, 2.45) is 0 Å². The summed E-state index contributed by atoms with van der Waals surface area (Å²) in [5.41, 5.74) is 4.62. The SMILES string of the molecule is CN(C(=O)Cc1ccc2c(c1)CSN2)[C@H](CN1CCC(O)C1)c1ccccc1. The van der Waals surface area contributed by atoms with Gasteiger partial charge in [-0.25, -0.2) is 0 Å². The number of aliphatic hydroxyl groups is 1. The fourth-order valence-electron chi connectivity index (χ4n) is 3.99. The fourth-order valence-corrected chi connectivity index (χ4v) is 4.81. The van der Waals surface area contributed by atoms with E-state index in [9.17, 15) is 9.90 Å². The molecule has 2 aliphatic heterocycles. The van der Waals surface area contributed by atoms with E-state index in [4.69, 9.17) is 0 Å². The predicted molar refractivity (Wildman–Crippen MR) is 114 cm³/mol. The van der Waals surface area contributed by atoms with Crippen molar-refractivity contribution < 1.29 is 9.90 Å². The third kappa shape index (κ3) is 4.35. The third-order valence-corrected chi connectivity index (χ3v) is 6.48. The molecule has 4 rings (SSSR count). The summed E-state index contributed by atoms with van der Waals surface area (Å²) in [5.74, 6) is 1.06. The molecule has 0 radical (unpaired) electrons. The molecule has 5 nitrogen and oxygen atoms in total. The second-order valence-electron chi connectivity index (χ2n) is 7.69. The minimum atomic E-state index is -0.254. The summed E-state index contributed by atoms with van der Waals surface area (Å²) in [6.07, 6.45) is 0.955. The highest BCUT2D eigenvalue weighted by molar-refractivity contribution is 8.00. The number of carbonyl (C=O) groups excluding carboxylic acids is 1. The molecule has 1 amide bonds. The second-order valence-corrected chi connectivity index (χ2v) is 8.47.